The smallest absolute Gasteiger partial charge is 0.264 e. The first-order valence-corrected chi connectivity index (χ1v) is 14.4. The van der Waals surface area contributed by atoms with E-state index in [4.69, 9.17) is 18.8 Å². The van der Waals surface area contributed by atoms with E-state index < -0.39 is 0 Å². The lowest BCUT2D eigenvalue weighted by Gasteiger charge is -2.14. The zero-order valence-corrected chi connectivity index (χ0v) is 22.4. The van der Waals surface area contributed by atoms with Crippen LogP contribution in [0.25, 0.3) is 120 Å². The Morgan fingerprint density at radius 3 is 1.27 bits per heavy atom. The minimum absolute atomic E-state index is 0.133. The van der Waals surface area contributed by atoms with Gasteiger partial charge in [0.25, 0.3) is 11.1 Å². The van der Waals surface area contributed by atoms with Gasteiger partial charge in [0.1, 0.15) is 33.6 Å². The molecule has 0 fully saturated rings. The van der Waals surface area contributed by atoms with Gasteiger partial charge in [-0.15, -0.1) is 0 Å². The van der Waals surface area contributed by atoms with E-state index in [1.807, 2.05) is 72.8 Å². The fraction of sp³-hybridized carbons (Fsp3) is 0. The van der Waals surface area contributed by atoms with Gasteiger partial charge in [0.2, 0.25) is 0 Å². The third-order valence-electron chi connectivity index (χ3n) is 10.1. The molecule has 200 valence electrons. The fourth-order valence-corrected chi connectivity index (χ4v) is 8.48. The molecule has 0 unspecified atom stereocenters. The van der Waals surface area contributed by atoms with Crippen molar-refractivity contribution in [1.82, 2.24) is 18.8 Å². The van der Waals surface area contributed by atoms with Gasteiger partial charge in [-0.25, -0.2) is 9.97 Å². The lowest BCUT2D eigenvalue weighted by molar-refractivity contribution is 0.669. The second-order valence-electron chi connectivity index (χ2n) is 12.0. The monoisotopic (exact) mass is 564 g/mol. The van der Waals surface area contributed by atoms with E-state index in [0.717, 1.165) is 75.9 Å². The van der Waals surface area contributed by atoms with Crippen molar-refractivity contribution in [2.24, 2.45) is 0 Å². The summed E-state index contributed by atoms with van der Waals surface area (Å²) in [5.41, 5.74) is 6.60. The van der Waals surface area contributed by atoms with Crippen LogP contribution in [0, 0.1) is 0 Å². The number of benzene rings is 7. The molecule has 7 aromatic carbocycles. The molecule has 13 aromatic rings. The Bertz CT molecular complexity index is 3290. The highest BCUT2D eigenvalue weighted by molar-refractivity contribution is 6.49. The molecule has 0 spiro atoms. The van der Waals surface area contributed by atoms with E-state index in [-0.39, 0.29) is 11.1 Å². The van der Waals surface area contributed by atoms with Gasteiger partial charge in [-0.1, -0.05) is 24.3 Å². The van der Waals surface area contributed by atoms with Crippen molar-refractivity contribution < 1.29 is 8.83 Å². The average Bonchev–Trinajstić information content (AvgIpc) is 3.81. The largest absolute Gasteiger partial charge is 0.456 e. The molecule has 0 saturated carbocycles. The van der Waals surface area contributed by atoms with Gasteiger partial charge in [0.05, 0.1) is 32.8 Å². The van der Waals surface area contributed by atoms with Crippen molar-refractivity contribution in [3.8, 4) is 0 Å². The molecule has 0 atom stereocenters. The van der Waals surface area contributed by atoms with E-state index >= 15 is 0 Å². The van der Waals surface area contributed by atoms with Crippen LogP contribution in [0.3, 0.4) is 0 Å². The molecule has 0 radical (unpaired) electrons. The maximum absolute atomic E-state index is 14.3. The number of fused-ring (bicyclic) bond motifs is 8. The number of hydrogen-bond acceptors (Lipinski definition) is 6. The molecular formula is C36H12N4O4. The Kier molecular flexibility index (Phi) is 2.85. The second kappa shape index (κ2) is 6.09. The Balaban J connectivity index is 1.41. The predicted octanol–water partition coefficient (Wildman–Crippen LogP) is 7.61. The lowest BCUT2D eigenvalue weighted by atomic mass is 9.86. The van der Waals surface area contributed by atoms with Crippen molar-refractivity contribution >= 4 is 120 Å². The quantitative estimate of drug-likeness (QED) is 0.139. The third-order valence-corrected chi connectivity index (χ3v) is 10.1. The Hall–Kier alpha value is -6.28. The first-order valence-electron chi connectivity index (χ1n) is 14.4. The molecule has 13 rings (SSSR count). The van der Waals surface area contributed by atoms with Crippen LogP contribution in [0.2, 0.25) is 0 Å². The van der Waals surface area contributed by atoms with Gasteiger partial charge in [-0.05, 0) is 48.5 Å². The molecule has 0 aliphatic heterocycles. The molecule has 44 heavy (non-hydrogen) atoms. The molecule has 8 nitrogen and oxygen atoms in total. The van der Waals surface area contributed by atoms with Gasteiger partial charge in [-0.2, -0.15) is 0 Å². The van der Waals surface area contributed by atoms with E-state index in [9.17, 15) is 9.59 Å². The topological polar surface area (TPSA) is 95.0 Å². The van der Waals surface area contributed by atoms with Crippen molar-refractivity contribution in [1.29, 1.82) is 0 Å². The highest BCUT2D eigenvalue weighted by Gasteiger charge is 2.31. The molecule has 0 aliphatic carbocycles. The summed E-state index contributed by atoms with van der Waals surface area (Å²) < 4.78 is 16.7. The van der Waals surface area contributed by atoms with Gasteiger partial charge in [0, 0.05) is 53.9 Å². The van der Waals surface area contributed by atoms with E-state index in [2.05, 4.69) is 0 Å². The van der Waals surface area contributed by atoms with E-state index in [0.29, 0.717) is 44.4 Å². The minimum Gasteiger partial charge on any atom is -0.456 e. The lowest BCUT2D eigenvalue weighted by Crippen LogP contribution is -2.13. The zero-order chi connectivity index (χ0) is 28.3. The molecular weight excluding hydrogens is 552 g/mol. The number of nitrogens with zero attached hydrogens (tertiary/aromatic N) is 4. The fourth-order valence-electron chi connectivity index (χ4n) is 8.48. The Morgan fingerprint density at radius 1 is 0.455 bits per heavy atom. The number of hydrogen-bond donors (Lipinski definition) is 0. The van der Waals surface area contributed by atoms with Gasteiger partial charge in [0.15, 0.2) is 0 Å². The summed E-state index contributed by atoms with van der Waals surface area (Å²) in [7, 11) is 0. The zero-order valence-electron chi connectivity index (χ0n) is 22.4. The maximum Gasteiger partial charge on any atom is 0.264 e. The van der Waals surface area contributed by atoms with Crippen LogP contribution in [0.1, 0.15) is 0 Å². The van der Waals surface area contributed by atoms with E-state index in [1.54, 1.807) is 8.80 Å². The number of pyridine rings is 2. The molecule has 6 heterocycles. The molecule has 8 heteroatoms. The number of imidazole rings is 2. The SMILES string of the molecule is O=c1c2cc3oc4cc5c6c(cc7oc8cc(c2c2c3c4c6c7c82)c2nc3ccccc3n12)c(=O)n1c2ccccc2nc51. The summed E-state index contributed by atoms with van der Waals surface area (Å²) in [5, 5.41) is 10.2. The molecule has 0 saturated heterocycles. The van der Waals surface area contributed by atoms with Crippen LogP contribution in [0.4, 0.5) is 0 Å². The maximum atomic E-state index is 14.3. The summed E-state index contributed by atoms with van der Waals surface area (Å²) in [6.45, 7) is 0. The summed E-state index contributed by atoms with van der Waals surface area (Å²) in [6, 6.07) is 23.2. The highest BCUT2D eigenvalue weighted by atomic mass is 16.3. The molecule has 0 aliphatic rings. The van der Waals surface area contributed by atoms with Crippen LogP contribution < -0.4 is 11.1 Å². The van der Waals surface area contributed by atoms with Gasteiger partial charge < -0.3 is 8.83 Å². The van der Waals surface area contributed by atoms with Crippen LogP contribution in [0.5, 0.6) is 0 Å². The number of para-hydroxylation sites is 4. The summed E-state index contributed by atoms with van der Waals surface area (Å²) in [5.74, 6) is 0. The normalized spacial score (nSPS) is 13.6. The van der Waals surface area contributed by atoms with Crippen LogP contribution in [0.15, 0.2) is 91.2 Å². The van der Waals surface area contributed by atoms with Crippen LogP contribution in [-0.4, -0.2) is 18.8 Å². The summed E-state index contributed by atoms with van der Waals surface area (Å²) >= 11 is 0. The van der Waals surface area contributed by atoms with E-state index in [1.165, 1.54) is 0 Å². The molecule has 0 N–H and O–H groups in total. The second-order valence-corrected chi connectivity index (χ2v) is 12.0. The highest BCUT2D eigenvalue weighted by Crippen LogP contribution is 2.54. The van der Waals surface area contributed by atoms with Crippen LogP contribution >= 0.6 is 0 Å². The summed E-state index contributed by atoms with van der Waals surface area (Å²) in [6.07, 6.45) is 0. The average molecular weight is 565 g/mol. The Morgan fingerprint density at radius 2 is 0.841 bits per heavy atom. The van der Waals surface area contributed by atoms with Crippen molar-refractivity contribution in [2.45, 2.75) is 0 Å². The van der Waals surface area contributed by atoms with Gasteiger partial charge >= 0.3 is 0 Å². The number of aromatic nitrogens is 4. The van der Waals surface area contributed by atoms with Crippen molar-refractivity contribution in [3.05, 3.63) is 93.5 Å². The first-order chi connectivity index (χ1) is 21.7. The third kappa shape index (κ3) is 1.87. The molecule has 0 amide bonds. The molecule has 6 aromatic heterocycles. The van der Waals surface area contributed by atoms with Crippen LogP contribution in [-0.2, 0) is 0 Å². The standard InChI is InChI=1S/C36H12N4O4/c41-35-15-11-23-29-28-22(44-23)10-14-26-16(36(42)40-20-8-4-2-6-18(20)38-34(14)40)12-24-30(32(26)28)27-21(43-24)9-13(25(15)31(27)29)33-37-17-5-1-3-7-19(17)39(33)35/h1-12H. The predicted molar refractivity (Wildman–Crippen MR) is 172 cm³/mol. The number of furan rings is 2. The molecule has 0 bridgehead atoms. The van der Waals surface area contributed by atoms with Gasteiger partial charge in [-0.3, -0.25) is 18.4 Å². The van der Waals surface area contributed by atoms with Crippen molar-refractivity contribution in [3.63, 3.8) is 0 Å². The minimum atomic E-state index is -0.133. The first kappa shape index (κ1) is 20.6. The number of rotatable bonds is 0. The Labute approximate surface area is 241 Å². The van der Waals surface area contributed by atoms with Crippen molar-refractivity contribution in [2.75, 3.05) is 0 Å². The summed E-state index contributed by atoms with van der Waals surface area (Å²) in [4.78, 5) is 38.4.